The van der Waals surface area contributed by atoms with Crippen LogP contribution in [-0.2, 0) is 4.79 Å². The van der Waals surface area contributed by atoms with Crippen molar-refractivity contribution in [2.75, 3.05) is 17.6 Å². The van der Waals surface area contributed by atoms with E-state index >= 15 is 0 Å². The average molecular weight is 194 g/mol. The van der Waals surface area contributed by atoms with E-state index in [0.717, 1.165) is 12.1 Å². The summed E-state index contributed by atoms with van der Waals surface area (Å²) in [6.45, 7) is 0.703. The molecule has 76 valence electrons. The normalized spacial score (nSPS) is 9.71. The number of nitrogens with one attached hydrogen (secondary N) is 1. The van der Waals surface area contributed by atoms with Gasteiger partial charge in [-0.1, -0.05) is 0 Å². The standard InChI is InChI=1S/C9H14N4O/c10-8-4-3-7(6-13-8)12-5-1-2-9(11)14/h3-4,6,12H,1-2,5H2,(H2,10,13)(H2,11,14). The monoisotopic (exact) mass is 194 g/mol. The molecule has 5 nitrogen and oxygen atoms in total. The predicted molar refractivity (Wildman–Crippen MR) is 55.6 cm³/mol. The zero-order chi connectivity index (χ0) is 10.4. The SMILES string of the molecule is NC(=O)CCCNc1ccc(N)nc1. The van der Waals surface area contributed by atoms with E-state index < -0.39 is 0 Å². The van der Waals surface area contributed by atoms with Crippen LogP contribution in [-0.4, -0.2) is 17.4 Å². The van der Waals surface area contributed by atoms with Crippen molar-refractivity contribution in [3.05, 3.63) is 18.3 Å². The molecule has 1 rings (SSSR count). The summed E-state index contributed by atoms with van der Waals surface area (Å²) in [5.41, 5.74) is 11.3. The minimum atomic E-state index is -0.276. The van der Waals surface area contributed by atoms with Gasteiger partial charge in [-0.25, -0.2) is 4.98 Å². The molecule has 0 saturated carbocycles. The first-order valence-corrected chi connectivity index (χ1v) is 4.42. The third kappa shape index (κ3) is 3.75. The molecule has 0 atom stereocenters. The van der Waals surface area contributed by atoms with Crippen molar-refractivity contribution in [1.82, 2.24) is 4.98 Å². The first-order valence-electron chi connectivity index (χ1n) is 4.42. The Labute approximate surface area is 82.5 Å². The largest absolute Gasteiger partial charge is 0.384 e. The van der Waals surface area contributed by atoms with Gasteiger partial charge in [0.25, 0.3) is 0 Å². The van der Waals surface area contributed by atoms with Gasteiger partial charge < -0.3 is 16.8 Å². The molecule has 0 saturated heterocycles. The number of anilines is 2. The minimum Gasteiger partial charge on any atom is -0.384 e. The second-order valence-corrected chi connectivity index (χ2v) is 2.97. The van der Waals surface area contributed by atoms with Crippen LogP contribution in [0.15, 0.2) is 18.3 Å². The molecule has 1 aromatic heterocycles. The Morgan fingerprint density at radius 2 is 2.29 bits per heavy atom. The highest BCUT2D eigenvalue weighted by Crippen LogP contribution is 2.06. The van der Waals surface area contributed by atoms with Crippen molar-refractivity contribution >= 4 is 17.4 Å². The Morgan fingerprint density at radius 1 is 1.50 bits per heavy atom. The average Bonchev–Trinajstić information content (AvgIpc) is 2.15. The topological polar surface area (TPSA) is 94.0 Å². The van der Waals surface area contributed by atoms with Gasteiger partial charge in [0, 0.05) is 13.0 Å². The van der Waals surface area contributed by atoms with Crippen LogP contribution in [0.5, 0.6) is 0 Å². The number of carbonyl (C=O) groups excluding carboxylic acids is 1. The quantitative estimate of drug-likeness (QED) is 0.589. The number of nitrogens with zero attached hydrogens (tertiary/aromatic N) is 1. The fourth-order valence-corrected chi connectivity index (χ4v) is 1.01. The summed E-state index contributed by atoms with van der Waals surface area (Å²) in [6.07, 6.45) is 2.77. The molecule has 1 heterocycles. The molecule has 0 spiro atoms. The molecule has 0 aliphatic rings. The lowest BCUT2D eigenvalue weighted by Gasteiger charge is -2.04. The molecule has 0 aliphatic carbocycles. The Bertz CT molecular complexity index is 296. The zero-order valence-corrected chi connectivity index (χ0v) is 7.86. The fourth-order valence-electron chi connectivity index (χ4n) is 1.01. The molecule has 1 aromatic rings. The number of nitrogens with two attached hydrogens (primary N) is 2. The van der Waals surface area contributed by atoms with Crippen LogP contribution < -0.4 is 16.8 Å². The van der Waals surface area contributed by atoms with Crippen molar-refractivity contribution in [1.29, 1.82) is 0 Å². The molecular weight excluding hydrogens is 180 g/mol. The van der Waals surface area contributed by atoms with Gasteiger partial charge >= 0.3 is 0 Å². The van der Waals surface area contributed by atoms with E-state index in [-0.39, 0.29) is 5.91 Å². The van der Waals surface area contributed by atoms with Crippen LogP contribution in [0.2, 0.25) is 0 Å². The number of rotatable bonds is 5. The van der Waals surface area contributed by atoms with Gasteiger partial charge in [0.15, 0.2) is 0 Å². The van der Waals surface area contributed by atoms with Gasteiger partial charge in [-0.05, 0) is 18.6 Å². The van der Waals surface area contributed by atoms with Gasteiger partial charge in [0.1, 0.15) is 5.82 Å². The highest BCUT2D eigenvalue weighted by Gasteiger charge is 1.95. The lowest BCUT2D eigenvalue weighted by Crippen LogP contribution is -2.12. The summed E-state index contributed by atoms with van der Waals surface area (Å²) in [7, 11) is 0. The van der Waals surface area contributed by atoms with E-state index in [1.807, 2.05) is 6.07 Å². The van der Waals surface area contributed by atoms with Gasteiger partial charge in [0.2, 0.25) is 5.91 Å². The maximum atomic E-state index is 10.4. The number of amides is 1. The molecule has 5 heteroatoms. The number of pyridine rings is 1. The third-order valence-corrected chi connectivity index (χ3v) is 1.72. The van der Waals surface area contributed by atoms with Crippen molar-refractivity contribution in [3.63, 3.8) is 0 Å². The molecule has 1 amide bonds. The Hall–Kier alpha value is -1.78. The summed E-state index contributed by atoms with van der Waals surface area (Å²) < 4.78 is 0. The van der Waals surface area contributed by atoms with Crippen LogP contribution >= 0.6 is 0 Å². The van der Waals surface area contributed by atoms with Crippen LogP contribution in [0.1, 0.15) is 12.8 Å². The third-order valence-electron chi connectivity index (χ3n) is 1.72. The van der Waals surface area contributed by atoms with Gasteiger partial charge in [-0.3, -0.25) is 4.79 Å². The highest BCUT2D eigenvalue weighted by atomic mass is 16.1. The molecule has 0 unspecified atom stereocenters. The first kappa shape index (κ1) is 10.3. The lowest BCUT2D eigenvalue weighted by atomic mass is 10.3. The maximum absolute atomic E-state index is 10.4. The zero-order valence-electron chi connectivity index (χ0n) is 7.86. The molecule has 0 bridgehead atoms. The molecular formula is C9H14N4O. The van der Waals surface area contributed by atoms with Gasteiger partial charge in [-0.2, -0.15) is 0 Å². The predicted octanol–water partition coefficient (Wildman–Crippen LogP) is 0.341. The smallest absolute Gasteiger partial charge is 0.217 e. The molecule has 14 heavy (non-hydrogen) atoms. The molecule has 0 aliphatic heterocycles. The fraction of sp³-hybridized carbons (Fsp3) is 0.333. The van der Waals surface area contributed by atoms with Crippen LogP contribution in [0.3, 0.4) is 0 Å². The van der Waals surface area contributed by atoms with E-state index in [0.29, 0.717) is 18.8 Å². The Morgan fingerprint density at radius 3 is 2.86 bits per heavy atom. The van der Waals surface area contributed by atoms with E-state index in [9.17, 15) is 4.79 Å². The number of nitrogen functional groups attached to an aromatic ring is 1. The summed E-state index contributed by atoms with van der Waals surface area (Å²) in [5.74, 6) is 0.218. The van der Waals surface area contributed by atoms with Gasteiger partial charge in [0.05, 0.1) is 11.9 Å². The first-order chi connectivity index (χ1) is 6.68. The number of carbonyl (C=O) groups is 1. The number of hydrogen-bond donors (Lipinski definition) is 3. The maximum Gasteiger partial charge on any atom is 0.217 e. The lowest BCUT2D eigenvalue weighted by molar-refractivity contribution is -0.118. The van der Waals surface area contributed by atoms with Crippen molar-refractivity contribution < 1.29 is 4.79 Å². The minimum absolute atomic E-state index is 0.276. The molecule has 0 radical (unpaired) electrons. The number of primary amides is 1. The van der Waals surface area contributed by atoms with Crippen molar-refractivity contribution in [2.45, 2.75) is 12.8 Å². The van der Waals surface area contributed by atoms with E-state index in [1.165, 1.54) is 0 Å². The van der Waals surface area contributed by atoms with Crippen LogP contribution in [0.4, 0.5) is 11.5 Å². The highest BCUT2D eigenvalue weighted by molar-refractivity contribution is 5.73. The second kappa shape index (κ2) is 5.06. The van der Waals surface area contributed by atoms with Crippen molar-refractivity contribution in [2.24, 2.45) is 5.73 Å². The summed E-state index contributed by atoms with van der Waals surface area (Å²) in [5, 5.41) is 3.10. The summed E-state index contributed by atoms with van der Waals surface area (Å²) in [4.78, 5) is 14.3. The van der Waals surface area contributed by atoms with E-state index in [4.69, 9.17) is 11.5 Å². The summed E-state index contributed by atoms with van der Waals surface area (Å²) in [6, 6.07) is 3.56. The Kier molecular flexibility index (Phi) is 3.72. The Balaban J connectivity index is 2.25. The molecule has 0 fully saturated rings. The van der Waals surface area contributed by atoms with Crippen LogP contribution in [0.25, 0.3) is 0 Å². The molecule has 0 aromatic carbocycles. The second-order valence-electron chi connectivity index (χ2n) is 2.97. The van der Waals surface area contributed by atoms with Crippen molar-refractivity contribution in [3.8, 4) is 0 Å². The number of aromatic nitrogens is 1. The van der Waals surface area contributed by atoms with E-state index in [2.05, 4.69) is 10.3 Å². The summed E-state index contributed by atoms with van der Waals surface area (Å²) >= 11 is 0. The van der Waals surface area contributed by atoms with Crippen LogP contribution in [0, 0.1) is 0 Å². The van der Waals surface area contributed by atoms with E-state index in [1.54, 1.807) is 12.3 Å². The number of hydrogen-bond acceptors (Lipinski definition) is 4. The molecule has 5 N–H and O–H groups in total. The van der Waals surface area contributed by atoms with Gasteiger partial charge in [-0.15, -0.1) is 0 Å².